The molecule has 0 bridgehead atoms. The molecular weight excluding hydrogens is 498 g/mol. The molecule has 0 radical (unpaired) electrons. The van der Waals surface area contributed by atoms with Gasteiger partial charge in [-0.05, 0) is 59.7 Å². The lowest BCUT2D eigenvalue weighted by atomic mass is 10.1. The smallest absolute Gasteiger partial charge is 0.337 e. The summed E-state index contributed by atoms with van der Waals surface area (Å²) in [7, 11) is 0. The number of rotatable bonds is 10. The maximum atomic E-state index is 12.6. The van der Waals surface area contributed by atoms with Gasteiger partial charge in [0.25, 0.3) is 5.91 Å². The van der Waals surface area contributed by atoms with E-state index in [1.807, 2.05) is 36.4 Å². The molecule has 2 heterocycles. The number of nitrogens with zero attached hydrogens (tertiary/aromatic N) is 2. The van der Waals surface area contributed by atoms with E-state index in [9.17, 15) is 14.7 Å². The number of carbonyl (C=O) groups is 2. The van der Waals surface area contributed by atoms with E-state index in [2.05, 4.69) is 15.2 Å². The minimum Gasteiger partial charge on any atom is -0.494 e. The number of hydrogen-bond acceptors (Lipinski definition) is 7. The second-order valence-electron chi connectivity index (χ2n) is 9.12. The van der Waals surface area contributed by atoms with Crippen LogP contribution < -0.4 is 14.8 Å². The van der Waals surface area contributed by atoms with E-state index in [4.69, 9.17) is 14.2 Å². The summed E-state index contributed by atoms with van der Waals surface area (Å²) in [6.45, 7) is 5.26. The van der Waals surface area contributed by atoms with Gasteiger partial charge in [0.2, 0.25) is 5.88 Å². The van der Waals surface area contributed by atoms with Crippen molar-refractivity contribution in [1.29, 1.82) is 0 Å². The topological polar surface area (TPSA) is 110 Å². The van der Waals surface area contributed by atoms with Gasteiger partial charge in [0.1, 0.15) is 11.5 Å². The number of morpholine rings is 1. The molecule has 0 aliphatic carbocycles. The summed E-state index contributed by atoms with van der Waals surface area (Å²) < 4.78 is 17.2. The van der Waals surface area contributed by atoms with Crippen LogP contribution in [-0.2, 0) is 4.74 Å². The molecular formula is C30H29N3O6. The van der Waals surface area contributed by atoms with Gasteiger partial charge in [-0.2, -0.15) is 0 Å². The van der Waals surface area contributed by atoms with E-state index in [-0.39, 0.29) is 16.8 Å². The zero-order chi connectivity index (χ0) is 27.0. The number of carboxylic acid groups (broad SMARTS) is 1. The van der Waals surface area contributed by atoms with Crippen molar-refractivity contribution < 1.29 is 28.9 Å². The number of anilines is 1. The van der Waals surface area contributed by atoms with Gasteiger partial charge in [0.05, 0.1) is 36.6 Å². The molecule has 1 aromatic heterocycles. The zero-order valence-corrected chi connectivity index (χ0v) is 21.3. The summed E-state index contributed by atoms with van der Waals surface area (Å²) in [5.41, 5.74) is 0.504. The number of aromatic nitrogens is 1. The number of amides is 1. The van der Waals surface area contributed by atoms with Crippen LogP contribution in [0.5, 0.6) is 17.4 Å². The van der Waals surface area contributed by atoms with Gasteiger partial charge in [0, 0.05) is 31.9 Å². The maximum absolute atomic E-state index is 12.6. The summed E-state index contributed by atoms with van der Waals surface area (Å²) in [6.07, 6.45) is 2.35. The van der Waals surface area contributed by atoms with Gasteiger partial charge >= 0.3 is 5.97 Å². The van der Waals surface area contributed by atoms with Crippen molar-refractivity contribution >= 4 is 28.3 Å². The van der Waals surface area contributed by atoms with Crippen molar-refractivity contribution in [3.8, 4) is 17.4 Å². The fourth-order valence-electron chi connectivity index (χ4n) is 4.33. The highest BCUT2D eigenvalue weighted by Gasteiger charge is 2.14. The first kappa shape index (κ1) is 26.1. The van der Waals surface area contributed by atoms with Crippen LogP contribution >= 0.6 is 0 Å². The van der Waals surface area contributed by atoms with Crippen LogP contribution in [0.3, 0.4) is 0 Å². The molecule has 0 spiro atoms. The number of benzene rings is 3. The number of nitrogens with one attached hydrogen (secondary N) is 1. The second-order valence-corrected chi connectivity index (χ2v) is 9.12. The average molecular weight is 528 g/mol. The Labute approximate surface area is 225 Å². The number of carbonyl (C=O) groups excluding carboxylic acids is 1. The Balaban J connectivity index is 1.16. The van der Waals surface area contributed by atoms with Gasteiger partial charge in [-0.3, -0.25) is 9.69 Å². The number of fused-ring (bicyclic) bond motifs is 1. The Kier molecular flexibility index (Phi) is 8.30. The van der Waals surface area contributed by atoms with Crippen molar-refractivity contribution in [1.82, 2.24) is 9.88 Å². The third-order valence-corrected chi connectivity index (χ3v) is 6.40. The van der Waals surface area contributed by atoms with Gasteiger partial charge < -0.3 is 24.6 Å². The molecule has 1 fully saturated rings. The lowest BCUT2D eigenvalue weighted by molar-refractivity contribution is 0.0358. The van der Waals surface area contributed by atoms with Crippen LogP contribution in [0.1, 0.15) is 27.1 Å². The summed E-state index contributed by atoms with van der Waals surface area (Å²) in [5.74, 6) is 0.192. The molecule has 200 valence electrons. The van der Waals surface area contributed by atoms with Gasteiger partial charge in [-0.15, -0.1) is 0 Å². The number of para-hydroxylation sites is 1. The minimum atomic E-state index is -1.12. The molecule has 0 atom stereocenters. The Morgan fingerprint density at radius 1 is 0.949 bits per heavy atom. The summed E-state index contributed by atoms with van der Waals surface area (Å²) in [6, 6.07) is 21.1. The monoisotopic (exact) mass is 527 g/mol. The molecule has 3 aromatic carbocycles. The fraction of sp³-hybridized carbons (Fsp3) is 0.233. The van der Waals surface area contributed by atoms with E-state index in [0.717, 1.165) is 55.8 Å². The molecule has 39 heavy (non-hydrogen) atoms. The Morgan fingerprint density at radius 3 is 2.44 bits per heavy atom. The largest absolute Gasteiger partial charge is 0.494 e. The highest BCUT2D eigenvalue weighted by molar-refractivity contribution is 6.07. The second kappa shape index (κ2) is 12.4. The number of carboxylic acids is 1. The number of ether oxygens (including phenoxy) is 3. The van der Waals surface area contributed by atoms with Crippen molar-refractivity contribution in [2.45, 2.75) is 6.42 Å². The molecule has 1 saturated heterocycles. The molecule has 0 unspecified atom stereocenters. The van der Waals surface area contributed by atoms with E-state index >= 15 is 0 Å². The Bertz CT molecular complexity index is 1450. The third-order valence-electron chi connectivity index (χ3n) is 6.40. The third kappa shape index (κ3) is 6.90. The Hall–Kier alpha value is -4.47. The fourth-order valence-corrected chi connectivity index (χ4v) is 4.33. The van der Waals surface area contributed by atoms with Gasteiger partial charge in [0.15, 0.2) is 0 Å². The predicted molar refractivity (Wildman–Crippen MR) is 147 cm³/mol. The Morgan fingerprint density at radius 2 is 1.69 bits per heavy atom. The average Bonchev–Trinajstić information content (AvgIpc) is 2.96. The molecule has 1 aliphatic rings. The number of hydrogen-bond donors (Lipinski definition) is 2. The normalized spacial score (nSPS) is 13.6. The quantitative estimate of drug-likeness (QED) is 0.275. The predicted octanol–water partition coefficient (Wildman–Crippen LogP) is 5.08. The lowest BCUT2D eigenvalue weighted by Gasteiger charge is -2.26. The maximum Gasteiger partial charge on any atom is 0.337 e. The van der Waals surface area contributed by atoms with Crippen LogP contribution in [0.15, 0.2) is 79.0 Å². The number of aromatic carboxylic acids is 1. The molecule has 1 aliphatic heterocycles. The standard InChI is InChI=1S/C30H29N3O6/c34-29(32-27-5-2-1-4-26(27)30(35)36)23-8-11-28(31-20-23)39-25-10-7-21-18-24(9-6-22(21)19-25)38-15-3-12-33-13-16-37-17-14-33/h1-2,4-11,18-20H,3,12-17H2,(H,32,34)(H,35,36). The molecule has 9 nitrogen and oxygen atoms in total. The van der Waals surface area contributed by atoms with Crippen LogP contribution in [0.2, 0.25) is 0 Å². The molecule has 1 amide bonds. The summed E-state index contributed by atoms with van der Waals surface area (Å²) in [5, 5.41) is 14.0. The van der Waals surface area contributed by atoms with Crippen molar-refractivity contribution in [2.75, 3.05) is 44.8 Å². The SMILES string of the molecule is O=C(Nc1ccccc1C(=O)O)c1ccc(Oc2ccc3cc(OCCCN4CCOCC4)ccc3c2)nc1. The van der Waals surface area contributed by atoms with Gasteiger partial charge in [-0.1, -0.05) is 24.3 Å². The first-order valence-corrected chi connectivity index (χ1v) is 12.8. The summed E-state index contributed by atoms with van der Waals surface area (Å²) >= 11 is 0. The van der Waals surface area contributed by atoms with Crippen LogP contribution in [0.4, 0.5) is 5.69 Å². The summed E-state index contributed by atoms with van der Waals surface area (Å²) in [4.78, 5) is 30.6. The van der Waals surface area contributed by atoms with E-state index in [1.54, 1.807) is 24.3 Å². The van der Waals surface area contributed by atoms with Gasteiger partial charge in [-0.25, -0.2) is 9.78 Å². The first-order valence-electron chi connectivity index (χ1n) is 12.8. The van der Waals surface area contributed by atoms with Crippen LogP contribution in [0, 0.1) is 0 Å². The lowest BCUT2D eigenvalue weighted by Crippen LogP contribution is -2.37. The van der Waals surface area contributed by atoms with Crippen molar-refractivity contribution in [2.24, 2.45) is 0 Å². The molecule has 5 rings (SSSR count). The molecule has 2 N–H and O–H groups in total. The highest BCUT2D eigenvalue weighted by Crippen LogP contribution is 2.28. The molecule has 4 aromatic rings. The molecule has 9 heteroatoms. The molecule has 0 saturated carbocycles. The van der Waals surface area contributed by atoms with Crippen LogP contribution in [0.25, 0.3) is 10.8 Å². The first-order chi connectivity index (χ1) is 19.0. The van der Waals surface area contributed by atoms with E-state index in [1.165, 1.54) is 18.3 Å². The minimum absolute atomic E-state index is 0.0116. The zero-order valence-electron chi connectivity index (χ0n) is 21.3. The van der Waals surface area contributed by atoms with E-state index < -0.39 is 11.9 Å². The van der Waals surface area contributed by atoms with Crippen molar-refractivity contribution in [3.63, 3.8) is 0 Å². The van der Waals surface area contributed by atoms with Crippen LogP contribution in [-0.4, -0.2) is 66.3 Å². The highest BCUT2D eigenvalue weighted by atomic mass is 16.5. The number of pyridine rings is 1. The van der Waals surface area contributed by atoms with E-state index in [0.29, 0.717) is 18.2 Å². The van der Waals surface area contributed by atoms with Crippen molar-refractivity contribution in [3.05, 3.63) is 90.1 Å².